The van der Waals surface area contributed by atoms with Crippen molar-refractivity contribution in [2.75, 3.05) is 0 Å². The van der Waals surface area contributed by atoms with E-state index in [4.69, 9.17) is 0 Å². The second-order valence-electron chi connectivity index (χ2n) is 15.7. The number of azo groups is 2. The molecule has 31 heteroatoms. The zero-order valence-electron chi connectivity index (χ0n) is 35.8. The lowest BCUT2D eigenvalue weighted by Crippen LogP contribution is -2.04. The molecule has 8 aromatic carbocycles. The number of benzene rings is 8. The van der Waals surface area contributed by atoms with E-state index in [1.165, 1.54) is 71.5 Å². The van der Waals surface area contributed by atoms with E-state index in [-0.39, 0.29) is 65.8 Å². The summed E-state index contributed by atoms with van der Waals surface area (Å²) in [5, 5.41) is 44.8. The minimum atomic E-state index is -5.07. The molecular formula is C42H26N10O16S5. The van der Waals surface area contributed by atoms with Crippen LogP contribution >= 0.6 is 0 Å². The van der Waals surface area contributed by atoms with Gasteiger partial charge in [-0.3, -0.25) is 22.8 Å². The van der Waals surface area contributed by atoms with Crippen LogP contribution in [-0.2, 0) is 50.6 Å². The average molecular weight is 1090 g/mol. The fourth-order valence-electron chi connectivity index (χ4n) is 7.68. The first-order chi connectivity index (χ1) is 34.2. The lowest BCUT2D eigenvalue weighted by atomic mass is 10.1. The molecule has 26 nitrogen and oxygen atoms in total. The van der Waals surface area contributed by atoms with Crippen LogP contribution in [0.1, 0.15) is 0 Å². The van der Waals surface area contributed by atoms with E-state index >= 15 is 0 Å². The van der Waals surface area contributed by atoms with Crippen molar-refractivity contribution in [3.63, 3.8) is 0 Å². The third-order valence-electron chi connectivity index (χ3n) is 11.0. The third kappa shape index (κ3) is 9.22. The molecule has 0 aliphatic rings. The first kappa shape index (κ1) is 48.5. The van der Waals surface area contributed by atoms with Crippen LogP contribution in [0.5, 0.6) is 5.75 Å². The molecule has 0 atom stereocenters. The van der Waals surface area contributed by atoms with Gasteiger partial charge in [0.2, 0.25) is 0 Å². The lowest BCUT2D eigenvalue weighted by Gasteiger charge is -2.10. The fourth-order valence-corrected chi connectivity index (χ4v) is 11.0. The first-order valence-electron chi connectivity index (χ1n) is 20.1. The van der Waals surface area contributed by atoms with Crippen molar-refractivity contribution in [2.45, 2.75) is 24.5 Å². The Morgan fingerprint density at radius 2 is 0.767 bits per heavy atom. The first-order valence-corrected chi connectivity index (χ1v) is 27.3. The highest BCUT2D eigenvalue weighted by Gasteiger charge is 2.26. The number of hydrogen-bond acceptors (Lipinski definition) is 19. The van der Waals surface area contributed by atoms with Crippen LogP contribution < -0.4 is 0 Å². The van der Waals surface area contributed by atoms with Crippen LogP contribution in [0.4, 0.5) is 22.7 Å². The lowest BCUT2D eigenvalue weighted by molar-refractivity contribution is 0.472. The van der Waals surface area contributed by atoms with E-state index < -0.39 is 86.5 Å². The Kier molecular flexibility index (Phi) is 11.3. The Bertz CT molecular complexity index is 4700. The molecule has 0 saturated heterocycles. The molecule has 0 saturated carbocycles. The maximum Gasteiger partial charge on any atom is 0.296 e. The Balaban J connectivity index is 0.894. The molecule has 0 fully saturated rings. The fraction of sp³-hybridized carbons (Fsp3) is 0. The number of nitrogens with zero attached hydrogens (tertiary/aromatic N) is 10. The van der Waals surface area contributed by atoms with Crippen molar-refractivity contribution in [3.8, 4) is 17.1 Å². The van der Waals surface area contributed by atoms with Gasteiger partial charge in [-0.15, -0.1) is 25.5 Å². The highest BCUT2D eigenvalue weighted by molar-refractivity contribution is 7.87. The molecule has 6 N–H and O–H groups in total. The van der Waals surface area contributed by atoms with Gasteiger partial charge in [0.25, 0.3) is 50.6 Å². The monoisotopic (exact) mass is 1090 g/mol. The molecule has 10 rings (SSSR count). The summed E-state index contributed by atoms with van der Waals surface area (Å²) in [5.74, 6) is -0.689. The number of phenols is 1. The minimum absolute atomic E-state index is 0.0249. The van der Waals surface area contributed by atoms with Gasteiger partial charge in [-0.2, -0.15) is 67.0 Å². The van der Waals surface area contributed by atoms with E-state index in [0.29, 0.717) is 29.2 Å². The molecule has 2 aromatic heterocycles. The molecule has 370 valence electrons. The van der Waals surface area contributed by atoms with Crippen LogP contribution in [0.2, 0.25) is 0 Å². The summed E-state index contributed by atoms with van der Waals surface area (Å²) in [5.41, 5.74) is 1.13. The Morgan fingerprint density at radius 1 is 0.370 bits per heavy atom. The summed E-state index contributed by atoms with van der Waals surface area (Å²) in [6.07, 6.45) is 0. The zero-order valence-corrected chi connectivity index (χ0v) is 39.9. The second-order valence-corrected chi connectivity index (χ2v) is 22.7. The van der Waals surface area contributed by atoms with E-state index in [0.717, 1.165) is 23.0 Å². The summed E-state index contributed by atoms with van der Waals surface area (Å²) in [6.45, 7) is 0. The third-order valence-corrected chi connectivity index (χ3v) is 15.3. The van der Waals surface area contributed by atoms with Crippen LogP contribution in [-0.4, -0.2) is 99.9 Å². The van der Waals surface area contributed by atoms with Gasteiger partial charge in [0.1, 0.15) is 42.4 Å². The number of hydrogen-bond donors (Lipinski definition) is 6. The number of aromatic hydroxyl groups is 1. The smallest absolute Gasteiger partial charge is 0.296 e. The summed E-state index contributed by atoms with van der Waals surface area (Å²) in [4.78, 5) is -1.82. The van der Waals surface area contributed by atoms with Crippen LogP contribution in [0, 0.1) is 0 Å². The van der Waals surface area contributed by atoms with E-state index in [1.54, 1.807) is 24.3 Å². The molecule has 0 bridgehead atoms. The molecule has 0 aliphatic carbocycles. The highest BCUT2D eigenvalue weighted by atomic mass is 32.2. The maximum absolute atomic E-state index is 12.6. The number of rotatable bonds is 11. The van der Waals surface area contributed by atoms with Crippen molar-refractivity contribution in [1.29, 1.82) is 0 Å². The van der Waals surface area contributed by atoms with Crippen molar-refractivity contribution in [1.82, 2.24) is 30.0 Å². The Hall–Kier alpha value is -8.11. The van der Waals surface area contributed by atoms with Gasteiger partial charge in [0.05, 0.1) is 38.2 Å². The Labute approximate surface area is 408 Å². The predicted molar refractivity (Wildman–Crippen MR) is 256 cm³/mol. The van der Waals surface area contributed by atoms with Crippen LogP contribution in [0.3, 0.4) is 0 Å². The van der Waals surface area contributed by atoms with Gasteiger partial charge < -0.3 is 5.11 Å². The van der Waals surface area contributed by atoms with Gasteiger partial charge in [0.15, 0.2) is 5.75 Å². The Morgan fingerprint density at radius 3 is 1.21 bits per heavy atom. The molecule has 0 spiro atoms. The van der Waals surface area contributed by atoms with E-state index in [9.17, 15) is 70.0 Å². The topological polar surface area (TPSA) is 403 Å². The molecule has 73 heavy (non-hydrogen) atoms. The number of aromatic nitrogens is 6. The molecule has 0 amide bonds. The van der Waals surface area contributed by atoms with Crippen molar-refractivity contribution >= 4 is 128 Å². The molecule has 0 radical (unpaired) electrons. The molecular weight excluding hydrogens is 1060 g/mol. The van der Waals surface area contributed by atoms with E-state index in [1.807, 2.05) is 0 Å². The van der Waals surface area contributed by atoms with Crippen molar-refractivity contribution < 1.29 is 70.0 Å². The average Bonchev–Trinajstić information content (AvgIpc) is 3.97. The van der Waals surface area contributed by atoms with Gasteiger partial charge in [-0.1, -0.05) is 12.1 Å². The summed E-state index contributed by atoms with van der Waals surface area (Å²) in [6, 6.07) is 25.8. The molecule has 10 aromatic rings. The normalized spacial score (nSPS) is 13.2. The second kappa shape index (κ2) is 17.0. The molecule has 0 aliphatic heterocycles. The van der Waals surface area contributed by atoms with Crippen molar-refractivity contribution in [2.24, 2.45) is 20.5 Å². The minimum Gasteiger partial charge on any atom is -0.505 e. The van der Waals surface area contributed by atoms with E-state index in [2.05, 4.69) is 40.9 Å². The predicted octanol–water partition coefficient (Wildman–Crippen LogP) is 7.38. The molecule has 0 unspecified atom stereocenters. The van der Waals surface area contributed by atoms with Gasteiger partial charge in [0, 0.05) is 26.9 Å². The number of fused-ring (bicyclic) bond motifs is 7. The molecule has 2 heterocycles. The van der Waals surface area contributed by atoms with Gasteiger partial charge in [-0.05, 0) is 115 Å². The number of phenolic OH excluding ortho intramolecular Hbond substituents is 1. The summed E-state index contributed by atoms with van der Waals surface area (Å²) in [7, 11) is -24.9. The van der Waals surface area contributed by atoms with Crippen LogP contribution in [0.15, 0.2) is 166 Å². The summed E-state index contributed by atoms with van der Waals surface area (Å²) < 4.78 is 171. The summed E-state index contributed by atoms with van der Waals surface area (Å²) >= 11 is 0. The zero-order chi connectivity index (χ0) is 52.2. The van der Waals surface area contributed by atoms with Gasteiger partial charge in [-0.25, -0.2) is 0 Å². The maximum atomic E-state index is 12.6. The van der Waals surface area contributed by atoms with Gasteiger partial charge >= 0.3 is 0 Å². The van der Waals surface area contributed by atoms with Crippen LogP contribution in [0.25, 0.3) is 65.8 Å². The SMILES string of the molecule is O=S(=O)(O)c1cc(S(=O)(=O)O)c2ccc3nn(-c4ccc(N=Nc5ccc(N=Nc6c(S(=O)(=O)O)cc7cc(-n8nc9ccc%10c(S(=O)(=O)O)cc(S(=O)(=O)O)cc%10c9n8)ccc7c6O)cc5)cc4)nc3c2c1. The van der Waals surface area contributed by atoms with Crippen molar-refractivity contribution in [3.05, 3.63) is 121 Å². The quantitative estimate of drug-likeness (QED) is 0.0543. The standard InChI is InChI=1S/C42H26N10O16S5/c53-42-29-10-9-26(52-48-35-14-12-31-33(40(35)50-52)18-28(70(57,58)59)20-37(31)72(63,64)65)15-21(29)16-38(73(66,67)68)41(42)46-45-23-3-1-22(2-4-23)43-44-24-5-7-25(8-6-24)51-47-34-13-11-30-32(39(34)49-51)17-27(69(54,55)56)19-36(30)71(60,61)62/h1-20,53H,(H,54,55,56)(H,57,58,59)(H,60,61,62)(H,63,64,65)(H,66,67,68). The highest BCUT2D eigenvalue weighted by Crippen LogP contribution is 2.42. The largest absolute Gasteiger partial charge is 0.505 e.